The number of amides is 1. The minimum atomic E-state index is -0.136. The summed E-state index contributed by atoms with van der Waals surface area (Å²) in [5.74, 6) is 1.56. The summed E-state index contributed by atoms with van der Waals surface area (Å²) in [7, 11) is 6.00. The van der Waals surface area contributed by atoms with Crippen molar-refractivity contribution in [2.24, 2.45) is 7.05 Å². The van der Waals surface area contributed by atoms with E-state index in [0.717, 1.165) is 28.2 Å². The summed E-state index contributed by atoms with van der Waals surface area (Å²) in [5.41, 5.74) is 0. The summed E-state index contributed by atoms with van der Waals surface area (Å²) >= 11 is 3.26. The van der Waals surface area contributed by atoms with E-state index in [1.165, 1.54) is 6.08 Å². The smallest absolute Gasteiger partial charge is 0.244 e. The molecule has 0 aliphatic rings. The van der Waals surface area contributed by atoms with Crippen LogP contribution in [-0.2, 0) is 18.4 Å². The van der Waals surface area contributed by atoms with Crippen LogP contribution in [0.3, 0.4) is 0 Å². The standard InChI is InChI=1S/C15H21N5OS2/c1-19(2)8-10-23-15-18-17-13(20(15)3)11-16-14(21)7-6-12-5-4-9-22-12/h4-7,9H,8,10-11H2,1-3H3,(H,16,21). The van der Waals surface area contributed by atoms with Gasteiger partial charge in [-0.05, 0) is 31.6 Å². The summed E-state index contributed by atoms with van der Waals surface area (Å²) in [4.78, 5) is 15.0. The first-order valence-electron chi connectivity index (χ1n) is 7.21. The van der Waals surface area contributed by atoms with Gasteiger partial charge in [0.2, 0.25) is 5.91 Å². The second-order valence-electron chi connectivity index (χ2n) is 5.18. The number of nitrogens with zero attached hydrogens (tertiary/aromatic N) is 4. The zero-order valence-electron chi connectivity index (χ0n) is 13.5. The molecule has 6 nitrogen and oxygen atoms in total. The van der Waals surface area contributed by atoms with Crippen LogP contribution in [0.2, 0.25) is 0 Å². The Balaban J connectivity index is 1.81. The second-order valence-corrected chi connectivity index (χ2v) is 7.22. The summed E-state index contributed by atoms with van der Waals surface area (Å²) in [5, 5.41) is 14.0. The minimum Gasteiger partial charge on any atom is -0.345 e. The van der Waals surface area contributed by atoms with E-state index in [1.54, 1.807) is 29.2 Å². The van der Waals surface area contributed by atoms with E-state index in [9.17, 15) is 4.79 Å². The lowest BCUT2D eigenvalue weighted by Gasteiger charge is -2.08. The first kappa shape index (κ1) is 17.7. The van der Waals surface area contributed by atoms with Gasteiger partial charge in [0.1, 0.15) is 0 Å². The van der Waals surface area contributed by atoms with Crippen molar-refractivity contribution in [1.29, 1.82) is 0 Å². The number of thioether (sulfide) groups is 1. The number of carbonyl (C=O) groups is 1. The van der Waals surface area contributed by atoms with Crippen molar-refractivity contribution in [3.8, 4) is 0 Å². The van der Waals surface area contributed by atoms with Gasteiger partial charge in [0, 0.05) is 30.3 Å². The number of rotatable bonds is 8. The molecule has 0 spiro atoms. The Kier molecular flexibility index (Phi) is 6.82. The van der Waals surface area contributed by atoms with Crippen LogP contribution in [0.25, 0.3) is 6.08 Å². The van der Waals surface area contributed by atoms with Gasteiger partial charge in [-0.1, -0.05) is 17.8 Å². The van der Waals surface area contributed by atoms with Crippen LogP contribution in [0, 0.1) is 0 Å². The van der Waals surface area contributed by atoms with E-state index in [4.69, 9.17) is 0 Å². The van der Waals surface area contributed by atoms with Crippen LogP contribution in [0.4, 0.5) is 0 Å². The molecule has 1 N–H and O–H groups in total. The van der Waals surface area contributed by atoms with Crippen molar-refractivity contribution in [2.45, 2.75) is 11.7 Å². The summed E-state index contributed by atoms with van der Waals surface area (Å²) in [6.07, 6.45) is 3.34. The molecular formula is C15H21N5OS2. The number of aromatic nitrogens is 3. The molecule has 0 aliphatic carbocycles. The number of nitrogens with one attached hydrogen (secondary N) is 1. The molecular weight excluding hydrogens is 330 g/mol. The SMILES string of the molecule is CN(C)CCSc1nnc(CNC(=O)C=Cc2cccs2)n1C. The molecule has 0 aliphatic heterocycles. The van der Waals surface area contributed by atoms with Crippen molar-refractivity contribution in [1.82, 2.24) is 25.0 Å². The van der Waals surface area contributed by atoms with Gasteiger partial charge in [0.25, 0.3) is 0 Å². The molecule has 2 rings (SSSR count). The van der Waals surface area contributed by atoms with Crippen molar-refractivity contribution >= 4 is 35.1 Å². The number of hydrogen-bond acceptors (Lipinski definition) is 6. The predicted molar refractivity (Wildman–Crippen MR) is 95.5 cm³/mol. The Hall–Kier alpha value is -1.64. The predicted octanol–water partition coefficient (Wildman–Crippen LogP) is 1.86. The van der Waals surface area contributed by atoms with Crippen LogP contribution in [0.1, 0.15) is 10.7 Å². The normalized spacial score (nSPS) is 11.5. The number of thiophene rings is 1. The largest absolute Gasteiger partial charge is 0.345 e. The quantitative estimate of drug-likeness (QED) is 0.581. The maximum atomic E-state index is 11.8. The average Bonchev–Trinajstić information content (AvgIpc) is 3.14. The average molecular weight is 352 g/mol. The summed E-state index contributed by atoms with van der Waals surface area (Å²) < 4.78 is 1.92. The Morgan fingerprint density at radius 1 is 1.48 bits per heavy atom. The molecule has 2 aromatic rings. The van der Waals surface area contributed by atoms with Gasteiger partial charge in [-0.2, -0.15) is 0 Å². The molecule has 0 saturated heterocycles. The van der Waals surface area contributed by atoms with Crippen LogP contribution in [0.5, 0.6) is 0 Å². The molecule has 0 saturated carbocycles. The third kappa shape index (κ3) is 5.81. The summed E-state index contributed by atoms with van der Waals surface area (Å²) in [6, 6.07) is 3.92. The maximum Gasteiger partial charge on any atom is 0.244 e. The molecule has 8 heteroatoms. The van der Waals surface area contributed by atoms with Crippen molar-refractivity contribution in [3.63, 3.8) is 0 Å². The van der Waals surface area contributed by atoms with Crippen LogP contribution in [0.15, 0.2) is 28.7 Å². The lowest BCUT2D eigenvalue weighted by molar-refractivity contribution is -0.116. The molecule has 124 valence electrons. The Morgan fingerprint density at radius 2 is 2.30 bits per heavy atom. The second kappa shape index (κ2) is 8.85. The topological polar surface area (TPSA) is 63.1 Å². The summed E-state index contributed by atoms with van der Waals surface area (Å²) in [6.45, 7) is 1.35. The lowest BCUT2D eigenvalue weighted by Crippen LogP contribution is -2.22. The lowest BCUT2D eigenvalue weighted by atomic mass is 10.4. The Morgan fingerprint density at radius 3 is 3.00 bits per heavy atom. The zero-order valence-corrected chi connectivity index (χ0v) is 15.2. The van der Waals surface area contributed by atoms with E-state index in [2.05, 4.69) is 20.4 Å². The fraction of sp³-hybridized carbons (Fsp3) is 0.400. The maximum absolute atomic E-state index is 11.8. The molecule has 1 amide bonds. The fourth-order valence-corrected chi connectivity index (χ4v) is 3.37. The fourth-order valence-electron chi connectivity index (χ4n) is 1.71. The first-order chi connectivity index (χ1) is 11.1. The minimum absolute atomic E-state index is 0.136. The molecule has 2 heterocycles. The highest BCUT2D eigenvalue weighted by Crippen LogP contribution is 2.15. The Bertz CT molecular complexity index is 649. The van der Waals surface area contributed by atoms with E-state index in [-0.39, 0.29) is 5.91 Å². The zero-order chi connectivity index (χ0) is 16.7. The first-order valence-corrected chi connectivity index (χ1v) is 9.08. The van der Waals surface area contributed by atoms with E-state index in [0.29, 0.717) is 6.54 Å². The van der Waals surface area contributed by atoms with E-state index in [1.807, 2.05) is 43.2 Å². The van der Waals surface area contributed by atoms with Gasteiger partial charge in [-0.25, -0.2) is 0 Å². The van der Waals surface area contributed by atoms with Gasteiger partial charge < -0.3 is 14.8 Å². The molecule has 0 aromatic carbocycles. The van der Waals surface area contributed by atoms with Crippen LogP contribution < -0.4 is 5.32 Å². The molecule has 23 heavy (non-hydrogen) atoms. The molecule has 0 unspecified atom stereocenters. The third-order valence-electron chi connectivity index (χ3n) is 3.06. The molecule has 2 aromatic heterocycles. The highest BCUT2D eigenvalue weighted by Gasteiger charge is 2.09. The van der Waals surface area contributed by atoms with E-state index < -0.39 is 0 Å². The Labute approximate surface area is 144 Å². The third-order valence-corrected chi connectivity index (χ3v) is 4.90. The highest BCUT2D eigenvalue weighted by atomic mass is 32.2. The number of hydrogen-bond donors (Lipinski definition) is 1. The van der Waals surface area contributed by atoms with E-state index >= 15 is 0 Å². The van der Waals surface area contributed by atoms with Crippen molar-refractivity contribution < 1.29 is 4.79 Å². The highest BCUT2D eigenvalue weighted by molar-refractivity contribution is 7.99. The molecule has 0 bridgehead atoms. The van der Waals surface area contributed by atoms with Crippen LogP contribution >= 0.6 is 23.1 Å². The van der Waals surface area contributed by atoms with Gasteiger partial charge in [0.15, 0.2) is 11.0 Å². The van der Waals surface area contributed by atoms with Gasteiger partial charge >= 0.3 is 0 Å². The van der Waals surface area contributed by atoms with Crippen molar-refractivity contribution in [2.75, 3.05) is 26.4 Å². The van der Waals surface area contributed by atoms with Gasteiger partial charge in [-0.3, -0.25) is 4.79 Å². The van der Waals surface area contributed by atoms with Gasteiger partial charge in [-0.15, -0.1) is 21.5 Å². The molecule has 0 radical (unpaired) electrons. The molecule has 0 fully saturated rings. The number of carbonyl (C=O) groups excluding carboxylic acids is 1. The monoisotopic (exact) mass is 351 g/mol. The van der Waals surface area contributed by atoms with Crippen molar-refractivity contribution in [3.05, 3.63) is 34.3 Å². The van der Waals surface area contributed by atoms with Crippen LogP contribution in [-0.4, -0.2) is 52.0 Å². The molecule has 0 atom stereocenters. The van der Waals surface area contributed by atoms with Gasteiger partial charge in [0.05, 0.1) is 6.54 Å².